The van der Waals surface area contributed by atoms with Crippen LogP contribution in [0.4, 0.5) is 0 Å². The van der Waals surface area contributed by atoms with Crippen molar-refractivity contribution in [2.24, 2.45) is 5.92 Å². The molecule has 1 amide bonds. The van der Waals surface area contributed by atoms with Crippen LogP contribution >= 0.6 is 0 Å². The number of rotatable bonds is 3. The fourth-order valence-electron chi connectivity index (χ4n) is 2.43. The van der Waals surface area contributed by atoms with Crippen LogP contribution in [-0.4, -0.2) is 36.2 Å². The molecule has 0 unspecified atom stereocenters. The van der Waals surface area contributed by atoms with Gasteiger partial charge in [0.2, 0.25) is 5.91 Å². The zero-order chi connectivity index (χ0) is 11.4. The Kier molecular flexibility index (Phi) is 3.82. The molecule has 0 atom stereocenters. The lowest BCUT2D eigenvalue weighted by atomic mass is 9.94. The lowest BCUT2D eigenvalue weighted by molar-refractivity contribution is -0.127. The van der Waals surface area contributed by atoms with Crippen LogP contribution in [0.1, 0.15) is 38.5 Å². The first-order chi connectivity index (χ1) is 7.70. The summed E-state index contributed by atoms with van der Waals surface area (Å²) in [5.41, 5.74) is -0.649. The highest BCUT2D eigenvalue weighted by molar-refractivity contribution is 5.80. The van der Waals surface area contributed by atoms with Gasteiger partial charge in [-0.05, 0) is 12.8 Å². The molecule has 0 aromatic carbocycles. The van der Waals surface area contributed by atoms with E-state index >= 15 is 0 Å². The molecular weight excluding hydrogens is 204 g/mol. The van der Waals surface area contributed by atoms with Gasteiger partial charge in [-0.15, -0.1) is 0 Å². The van der Waals surface area contributed by atoms with Crippen molar-refractivity contribution in [2.75, 3.05) is 19.6 Å². The van der Waals surface area contributed by atoms with Gasteiger partial charge in [-0.25, -0.2) is 0 Å². The van der Waals surface area contributed by atoms with Gasteiger partial charge in [-0.2, -0.15) is 0 Å². The fraction of sp³-hybridized carbons (Fsp3) is 0.917. The summed E-state index contributed by atoms with van der Waals surface area (Å²) in [5, 5.41) is 16.3. The Morgan fingerprint density at radius 2 is 1.88 bits per heavy atom. The Morgan fingerprint density at radius 3 is 2.38 bits per heavy atom. The highest BCUT2D eigenvalue weighted by Crippen LogP contribution is 2.26. The second kappa shape index (κ2) is 5.15. The molecule has 3 N–H and O–H groups in total. The standard InChI is InChI=1S/C12H22N2O2/c15-11(10-7-13-8-10)14-9-12(16)5-3-1-2-4-6-12/h10,13,16H,1-9H2,(H,14,15). The molecule has 0 aromatic heterocycles. The molecule has 92 valence electrons. The van der Waals surface area contributed by atoms with Crippen LogP contribution in [0.5, 0.6) is 0 Å². The maximum absolute atomic E-state index is 11.6. The molecule has 0 aromatic rings. The molecule has 2 fully saturated rings. The highest BCUT2D eigenvalue weighted by Gasteiger charge is 2.30. The average molecular weight is 226 g/mol. The zero-order valence-corrected chi connectivity index (χ0v) is 9.80. The van der Waals surface area contributed by atoms with Crippen molar-refractivity contribution in [3.8, 4) is 0 Å². The predicted molar refractivity (Wildman–Crippen MR) is 62.0 cm³/mol. The highest BCUT2D eigenvalue weighted by atomic mass is 16.3. The van der Waals surface area contributed by atoms with Crippen LogP contribution in [-0.2, 0) is 4.79 Å². The van der Waals surface area contributed by atoms with Crippen molar-refractivity contribution >= 4 is 5.91 Å². The molecule has 0 bridgehead atoms. The number of carbonyl (C=O) groups excluding carboxylic acids is 1. The smallest absolute Gasteiger partial charge is 0.225 e. The summed E-state index contributed by atoms with van der Waals surface area (Å²) < 4.78 is 0. The van der Waals surface area contributed by atoms with E-state index < -0.39 is 5.60 Å². The number of carbonyl (C=O) groups is 1. The summed E-state index contributed by atoms with van der Waals surface area (Å²) in [6, 6.07) is 0. The van der Waals surface area contributed by atoms with E-state index in [9.17, 15) is 9.90 Å². The molecule has 1 heterocycles. The quantitative estimate of drug-likeness (QED) is 0.611. The van der Waals surface area contributed by atoms with Crippen molar-refractivity contribution in [2.45, 2.75) is 44.1 Å². The maximum atomic E-state index is 11.6. The number of nitrogens with one attached hydrogen (secondary N) is 2. The molecule has 1 saturated carbocycles. The third kappa shape index (κ3) is 2.95. The molecule has 1 aliphatic heterocycles. The summed E-state index contributed by atoms with van der Waals surface area (Å²) in [5.74, 6) is 0.214. The summed E-state index contributed by atoms with van der Waals surface area (Å²) in [4.78, 5) is 11.6. The minimum atomic E-state index is -0.649. The van der Waals surface area contributed by atoms with E-state index in [4.69, 9.17) is 0 Å². The monoisotopic (exact) mass is 226 g/mol. The summed E-state index contributed by atoms with van der Waals surface area (Å²) >= 11 is 0. The van der Waals surface area contributed by atoms with Gasteiger partial charge in [-0.1, -0.05) is 25.7 Å². The lowest BCUT2D eigenvalue weighted by Gasteiger charge is -2.30. The molecule has 4 heteroatoms. The van der Waals surface area contributed by atoms with Crippen LogP contribution in [0.2, 0.25) is 0 Å². The largest absolute Gasteiger partial charge is 0.388 e. The Bertz CT molecular complexity index is 243. The third-order valence-electron chi connectivity index (χ3n) is 3.78. The van der Waals surface area contributed by atoms with Crippen LogP contribution in [0, 0.1) is 5.92 Å². The third-order valence-corrected chi connectivity index (χ3v) is 3.78. The number of hydrogen-bond donors (Lipinski definition) is 3. The van der Waals surface area contributed by atoms with Crippen molar-refractivity contribution in [1.29, 1.82) is 0 Å². The van der Waals surface area contributed by atoms with E-state index in [2.05, 4.69) is 10.6 Å². The molecule has 4 nitrogen and oxygen atoms in total. The molecule has 2 rings (SSSR count). The van der Waals surface area contributed by atoms with E-state index in [1.54, 1.807) is 0 Å². The zero-order valence-electron chi connectivity index (χ0n) is 9.80. The molecule has 1 saturated heterocycles. The number of hydrogen-bond acceptors (Lipinski definition) is 3. The fourth-order valence-corrected chi connectivity index (χ4v) is 2.43. The Balaban J connectivity index is 1.76. The summed E-state index contributed by atoms with van der Waals surface area (Å²) in [6.45, 7) is 2.00. The first-order valence-corrected chi connectivity index (χ1v) is 6.40. The molecular formula is C12H22N2O2. The van der Waals surface area contributed by atoms with Crippen molar-refractivity contribution in [1.82, 2.24) is 10.6 Å². The van der Waals surface area contributed by atoms with E-state index in [-0.39, 0.29) is 11.8 Å². The minimum absolute atomic E-state index is 0.0939. The molecule has 0 radical (unpaired) electrons. The van der Waals surface area contributed by atoms with Crippen LogP contribution < -0.4 is 10.6 Å². The van der Waals surface area contributed by atoms with Crippen molar-refractivity contribution in [3.05, 3.63) is 0 Å². The van der Waals surface area contributed by atoms with Crippen LogP contribution in [0.25, 0.3) is 0 Å². The Morgan fingerprint density at radius 1 is 1.25 bits per heavy atom. The normalized spacial score (nSPS) is 25.6. The van der Waals surface area contributed by atoms with Gasteiger partial charge in [-0.3, -0.25) is 4.79 Å². The van der Waals surface area contributed by atoms with E-state index in [1.807, 2.05) is 0 Å². The van der Waals surface area contributed by atoms with Gasteiger partial charge in [0.25, 0.3) is 0 Å². The summed E-state index contributed by atoms with van der Waals surface area (Å²) in [6.07, 6.45) is 6.24. The second-order valence-corrected chi connectivity index (χ2v) is 5.21. The van der Waals surface area contributed by atoms with Crippen molar-refractivity contribution < 1.29 is 9.90 Å². The van der Waals surface area contributed by atoms with Gasteiger partial charge in [0.15, 0.2) is 0 Å². The Labute approximate surface area is 96.8 Å². The topological polar surface area (TPSA) is 61.4 Å². The molecule has 0 spiro atoms. The van der Waals surface area contributed by atoms with Crippen molar-refractivity contribution in [3.63, 3.8) is 0 Å². The van der Waals surface area contributed by atoms with Gasteiger partial charge >= 0.3 is 0 Å². The molecule has 16 heavy (non-hydrogen) atoms. The van der Waals surface area contributed by atoms with E-state index in [0.717, 1.165) is 38.8 Å². The number of amides is 1. The van der Waals surface area contributed by atoms with Crippen LogP contribution in [0.15, 0.2) is 0 Å². The van der Waals surface area contributed by atoms with Gasteiger partial charge in [0.05, 0.1) is 11.5 Å². The second-order valence-electron chi connectivity index (χ2n) is 5.21. The first-order valence-electron chi connectivity index (χ1n) is 6.40. The van der Waals surface area contributed by atoms with Gasteiger partial charge < -0.3 is 15.7 Å². The Hall–Kier alpha value is -0.610. The van der Waals surface area contributed by atoms with E-state index in [0.29, 0.717) is 6.54 Å². The number of aliphatic hydroxyl groups is 1. The SMILES string of the molecule is O=C(NCC1(O)CCCCCC1)C1CNC1. The molecule has 1 aliphatic carbocycles. The first kappa shape index (κ1) is 11.9. The van der Waals surface area contributed by atoms with E-state index in [1.165, 1.54) is 12.8 Å². The van der Waals surface area contributed by atoms with Gasteiger partial charge in [0, 0.05) is 19.6 Å². The minimum Gasteiger partial charge on any atom is -0.388 e. The lowest BCUT2D eigenvalue weighted by Crippen LogP contribution is -2.53. The molecule has 2 aliphatic rings. The predicted octanol–water partition coefficient (Wildman–Crippen LogP) is 0.407. The van der Waals surface area contributed by atoms with Gasteiger partial charge in [0.1, 0.15) is 0 Å². The van der Waals surface area contributed by atoms with Crippen LogP contribution in [0.3, 0.4) is 0 Å². The maximum Gasteiger partial charge on any atom is 0.225 e. The summed E-state index contributed by atoms with van der Waals surface area (Å²) in [7, 11) is 0. The average Bonchev–Trinajstić information content (AvgIpc) is 2.38.